The smallest absolute Gasteiger partial charge is 0.323 e. The maximum atomic E-state index is 12.0. The van der Waals surface area contributed by atoms with E-state index >= 15 is 0 Å². The van der Waals surface area contributed by atoms with Gasteiger partial charge in [0.05, 0.1) is 0 Å². The molecule has 18 heavy (non-hydrogen) atoms. The van der Waals surface area contributed by atoms with E-state index in [9.17, 15) is 14.4 Å². The van der Waals surface area contributed by atoms with Crippen molar-refractivity contribution >= 4 is 11.9 Å². The number of aromatic nitrogens is 2. The molecular weight excluding hydrogens is 240 g/mol. The fraction of sp³-hybridized carbons (Fsp3) is 0.500. The maximum Gasteiger partial charge on any atom is 0.323 e. The van der Waals surface area contributed by atoms with Crippen molar-refractivity contribution in [1.82, 2.24) is 19.8 Å². The standard InChI is InChI=1S/C10H16N4O4/c1-13(2)3-4-14(6-8(15)16)9(17)7-5-11-10(18)12-7/h5H,3-4,6H2,1-2H3,(H,15,16)(H2,11,12,18). The first-order valence-corrected chi connectivity index (χ1v) is 5.33. The Balaban J connectivity index is 2.78. The third kappa shape index (κ3) is 4.06. The molecule has 0 fully saturated rings. The highest BCUT2D eigenvalue weighted by Crippen LogP contribution is 1.99. The van der Waals surface area contributed by atoms with Crippen LogP contribution in [-0.2, 0) is 4.79 Å². The average molecular weight is 256 g/mol. The minimum Gasteiger partial charge on any atom is -0.480 e. The summed E-state index contributed by atoms with van der Waals surface area (Å²) in [7, 11) is 3.64. The van der Waals surface area contributed by atoms with Gasteiger partial charge in [0.1, 0.15) is 12.2 Å². The molecule has 1 aromatic heterocycles. The van der Waals surface area contributed by atoms with Gasteiger partial charge in [0.25, 0.3) is 5.91 Å². The molecule has 0 aliphatic rings. The molecule has 0 atom stereocenters. The van der Waals surface area contributed by atoms with Crippen LogP contribution in [-0.4, -0.2) is 70.5 Å². The molecule has 0 aromatic carbocycles. The number of imidazole rings is 1. The van der Waals surface area contributed by atoms with Gasteiger partial charge in [-0.15, -0.1) is 0 Å². The number of likely N-dealkylation sites (N-methyl/N-ethyl adjacent to an activating group) is 1. The Hall–Kier alpha value is -2.09. The third-order valence-electron chi connectivity index (χ3n) is 2.26. The molecule has 8 nitrogen and oxygen atoms in total. The zero-order valence-corrected chi connectivity index (χ0v) is 10.3. The van der Waals surface area contributed by atoms with Crippen LogP contribution < -0.4 is 5.69 Å². The zero-order chi connectivity index (χ0) is 13.7. The summed E-state index contributed by atoms with van der Waals surface area (Å²) in [4.78, 5) is 41.2. The first kappa shape index (κ1) is 14.0. The Morgan fingerprint density at radius 2 is 2.00 bits per heavy atom. The number of carboxylic acid groups (broad SMARTS) is 1. The Labute approximate surface area is 103 Å². The molecular formula is C10H16N4O4. The van der Waals surface area contributed by atoms with Crippen LogP contribution in [0.2, 0.25) is 0 Å². The summed E-state index contributed by atoms with van der Waals surface area (Å²) in [5.74, 6) is -1.61. The van der Waals surface area contributed by atoms with E-state index in [1.54, 1.807) is 0 Å². The molecule has 1 heterocycles. The van der Waals surface area contributed by atoms with Gasteiger partial charge in [-0.3, -0.25) is 9.59 Å². The summed E-state index contributed by atoms with van der Waals surface area (Å²) >= 11 is 0. The van der Waals surface area contributed by atoms with E-state index in [4.69, 9.17) is 5.11 Å². The van der Waals surface area contributed by atoms with Crippen LogP contribution in [0.3, 0.4) is 0 Å². The Kier molecular flexibility index (Phi) is 4.67. The molecule has 1 aromatic rings. The first-order chi connectivity index (χ1) is 8.40. The molecule has 0 spiro atoms. The fourth-order valence-corrected chi connectivity index (χ4v) is 1.35. The lowest BCUT2D eigenvalue weighted by Gasteiger charge is -2.21. The van der Waals surface area contributed by atoms with Crippen LogP contribution in [0, 0.1) is 0 Å². The monoisotopic (exact) mass is 256 g/mol. The van der Waals surface area contributed by atoms with Gasteiger partial charge >= 0.3 is 11.7 Å². The van der Waals surface area contributed by atoms with E-state index in [1.165, 1.54) is 11.1 Å². The van der Waals surface area contributed by atoms with Crippen LogP contribution in [0.5, 0.6) is 0 Å². The van der Waals surface area contributed by atoms with Crippen LogP contribution in [0.25, 0.3) is 0 Å². The van der Waals surface area contributed by atoms with Crippen molar-refractivity contribution in [3.05, 3.63) is 22.4 Å². The second kappa shape index (κ2) is 6.01. The number of hydrogen-bond donors (Lipinski definition) is 3. The van der Waals surface area contributed by atoms with Gasteiger partial charge in [-0.05, 0) is 14.1 Å². The highest BCUT2D eigenvalue weighted by atomic mass is 16.4. The van der Waals surface area contributed by atoms with Gasteiger partial charge in [-0.2, -0.15) is 0 Å². The van der Waals surface area contributed by atoms with Crippen molar-refractivity contribution in [3.8, 4) is 0 Å². The van der Waals surface area contributed by atoms with Gasteiger partial charge in [0, 0.05) is 19.3 Å². The van der Waals surface area contributed by atoms with Crippen LogP contribution in [0.1, 0.15) is 10.5 Å². The third-order valence-corrected chi connectivity index (χ3v) is 2.26. The number of nitrogens with one attached hydrogen (secondary N) is 2. The summed E-state index contributed by atoms with van der Waals surface area (Å²) in [5.41, 5.74) is -0.443. The minimum absolute atomic E-state index is 0.0556. The van der Waals surface area contributed by atoms with Crippen molar-refractivity contribution in [2.75, 3.05) is 33.7 Å². The largest absolute Gasteiger partial charge is 0.480 e. The molecule has 100 valence electrons. The predicted octanol–water partition coefficient (Wildman–Crippen LogP) is -1.21. The Morgan fingerprint density at radius 3 is 2.44 bits per heavy atom. The normalized spacial score (nSPS) is 10.6. The van der Waals surface area contributed by atoms with Crippen molar-refractivity contribution in [1.29, 1.82) is 0 Å². The lowest BCUT2D eigenvalue weighted by molar-refractivity contribution is -0.137. The molecule has 0 saturated heterocycles. The molecule has 1 rings (SSSR count). The first-order valence-electron chi connectivity index (χ1n) is 5.33. The number of hydrogen-bond acceptors (Lipinski definition) is 4. The molecule has 1 amide bonds. The number of nitrogens with zero attached hydrogens (tertiary/aromatic N) is 2. The number of aliphatic carboxylic acids is 1. The van der Waals surface area contributed by atoms with Gasteiger partial charge in [-0.25, -0.2) is 4.79 Å². The Morgan fingerprint density at radius 1 is 1.33 bits per heavy atom. The number of H-pyrrole nitrogens is 2. The number of carboxylic acids is 1. The van der Waals surface area contributed by atoms with E-state index in [0.29, 0.717) is 6.54 Å². The van der Waals surface area contributed by atoms with E-state index in [0.717, 1.165) is 0 Å². The Bertz CT molecular complexity index is 476. The van der Waals surface area contributed by atoms with Crippen LogP contribution in [0.4, 0.5) is 0 Å². The quantitative estimate of drug-likeness (QED) is 0.591. The van der Waals surface area contributed by atoms with Crippen molar-refractivity contribution < 1.29 is 14.7 Å². The number of carbonyl (C=O) groups is 2. The molecule has 0 aliphatic carbocycles. The van der Waals surface area contributed by atoms with E-state index in [2.05, 4.69) is 9.97 Å². The summed E-state index contributed by atoms with van der Waals surface area (Å²) in [6.07, 6.45) is 1.23. The summed E-state index contributed by atoms with van der Waals surface area (Å²) in [6, 6.07) is 0. The highest BCUT2D eigenvalue weighted by molar-refractivity contribution is 5.93. The number of carbonyl (C=O) groups excluding carboxylic acids is 1. The average Bonchev–Trinajstić information content (AvgIpc) is 2.69. The highest BCUT2D eigenvalue weighted by Gasteiger charge is 2.19. The van der Waals surface area contributed by atoms with Crippen LogP contribution in [0.15, 0.2) is 11.0 Å². The molecule has 3 N–H and O–H groups in total. The van der Waals surface area contributed by atoms with Gasteiger partial charge < -0.3 is 24.9 Å². The zero-order valence-electron chi connectivity index (χ0n) is 10.3. The molecule has 0 radical (unpaired) electrons. The molecule has 0 aliphatic heterocycles. The topological polar surface area (TPSA) is 110 Å². The molecule has 0 unspecified atom stereocenters. The predicted molar refractivity (Wildman–Crippen MR) is 63.5 cm³/mol. The van der Waals surface area contributed by atoms with Crippen molar-refractivity contribution in [3.63, 3.8) is 0 Å². The van der Waals surface area contributed by atoms with Crippen molar-refractivity contribution in [2.24, 2.45) is 0 Å². The van der Waals surface area contributed by atoms with Crippen LogP contribution >= 0.6 is 0 Å². The van der Waals surface area contributed by atoms with Gasteiger partial charge in [0.15, 0.2) is 0 Å². The number of rotatable bonds is 6. The minimum atomic E-state index is -1.10. The van der Waals surface area contributed by atoms with E-state index < -0.39 is 24.1 Å². The lowest BCUT2D eigenvalue weighted by atomic mass is 10.3. The number of amides is 1. The fourth-order valence-electron chi connectivity index (χ4n) is 1.35. The second-order valence-electron chi connectivity index (χ2n) is 4.08. The summed E-state index contributed by atoms with van der Waals surface area (Å²) in [6.45, 7) is 0.402. The molecule has 8 heteroatoms. The summed E-state index contributed by atoms with van der Waals surface area (Å²) in [5, 5.41) is 8.76. The number of aromatic amines is 2. The van der Waals surface area contributed by atoms with Crippen molar-refractivity contribution in [2.45, 2.75) is 0 Å². The summed E-state index contributed by atoms with van der Waals surface area (Å²) < 4.78 is 0. The lowest BCUT2D eigenvalue weighted by Crippen LogP contribution is -2.40. The van der Waals surface area contributed by atoms with Gasteiger partial charge in [-0.1, -0.05) is 0 Å². The second-order valence-corrected chi connectivity index (χ2v) is 4.08. The van der Waals surface area contributed by atoms with Gasteiger partial charge in [0.2, 0.25) is 0 Å². The SMILES string of the molecule is CN(C)CCN(CC(=O)O)C(=O)c1c[nH]c(=O)[nH]1. The molecule has 0 saturated carbocycles. The van der Waals surface area contributed by atoms with E-state index in [-0.39, 0.29) is 12.2 Å². The molecule has 0 bridgehead atoms. The van der Waals surface area contributed by atoms with E-state index in [1.807, 2.05) is 19.0 Å². The maximum absolute atomic E-state index is 12.0.